The van der Waals surface area contributed by atoms with Crippen molar-refractivity contribution in [3.05, 3.63) is 42.7 Å². The number of hydrogen-bond donors (Lipinski definition) is 2. The monoisotopic (exact) mass is 299 g/mol. The summed E-state index contributed by atoms with van der Waals surface area (Å²) >= 11 is 0. The van der Waals surface area contributed by atoms with Crippen molar-refractivity contribution < 1.29 is 9.53 Å². The van der Waals surface area contributed by atoms with Gasteiger partial charge in [0.25, 0.3) is 11.9 Å². The molecule has 9 heteroatoms. The van der Waals surface area contributed by atoms with Gasteiger partial charge in [0.2, 0.25) is 5.82 Å². The van der Waals surface area contributed by atoms with Gasteiger partial charge in [0.1, 0.15) is 18.4 Å². The van der Waals surface area contributed by atoms with E-state index in [-0.39, 0.29) is 5.82 Å². The Balaban J connectivity index is 1.69. The minimum atomic E-state index is -0.393. The van der Waals surface area contributed by atoms with Crippen LogP contribution in [-0.2, 0) is 0 Å². The number of hydrogen-bond acceptors (Lipinski definition) is 6. The molecule has 0 fully saturated rings. The summed E-state index contributed by atoms with van der Waals surface area (Å²) in [6.07, 6.45) is 2.88. The predicted octanol–water partition coefficient (Wildman–Crippen LogP) is 1.04. The number of nitrogens with one attached hydrogen (secondary N) is 2. The van der Waals surface area contributed by atoms with Crippen LogP contribution in [0.2, 0.25) is 0 Å². The first kappa shape index (κ1) is 13.7. The second kappa shape index (κ2) is 6.04. The lowest BCUT2D eigenvalue weighted by Crippen LogP contribution is -2.13. The molecule has 0 spiro atoms. The first-order valence-electron chi connectivity index (χ1n) is 6.58. The van der Waals surface area contributed by atoms with Crippen molar-refractivity contribution in [1.82, 2.24) is 29.9 Å². The van der Waals surface area contributed by atoms with E-state index in [1.807, 2.05) is 6.92 Å². The predicted molar refractivity (Wildman–Crippen MR) is 76.9 cm³/mol. The first-order valence-corrected chi connectivity index (χ1v) is 6.58. The van der Waals surface area contributed by atoms with Crippen molar-refractivity contribution >= 4 is 11.6 Å². The molecule has 1 amide bonds. The third kappa shape index (κ3) is 2.92. The SMILES string of the molecule is CCOc1ccc(NC(=O)c2nc(-n3cnnc3)n[nH]2)cc1. The normalized spacial score (nSPS) is 10.4. The minimum absolute atomic E-state index is 0.0950. The molecule has 0 aliphatic carbocycles. The van der Waals surface area contributed by atoms with Crippen LogP contribution in [0.25, 0.3) is 5.95 Å². The number of amides is 1. The molecule has 1 aromatic carbocycles. The van der Waals surface area contributed by atoms with E-state index in [0.717, 1.165) is 5.75 Å². The van der Waals surface area contributed by atoms with Gasteiger partial charge in [-0.05, 0) is 31.2 Å². The minimum Gasteiger partial charge on any atom is -0.494 e. The van der Waals surface area contributed by atoms with E-state index >= 15 is 0 Å². The smallest absolute Gasteiger partial charge is 0.293 e. The fourth-order valence-electron chi connectivity index (χ4n) is 1.77. The summed E-state index contributed by atoms with van der Waals surface area (Å²) in [5.74, 6) is 0.741. The largest absolute Gasteiger partial charge is 0.494 e. The van der Waals surface area contributed by atoms with Crippen molar-refractivity contribution in [3.63, 3.8) is 0 Å². The average molecular weight is 299 g/mol. The van der Waals surface area contributed by atoms with Crippen molar-refractivity contribution in [2.24, 2.45) is 0 Å². The lowest BCUT2D eigenvalue weighted by atomic mass is 10.3. The zero-order valence-electron chi connectivity index (χ0n) is 11.7. The zero-order valence-corrected chi connectivity index (χ0v) is 11.7. The van der Waals surface area contributed by atoms with Gasteiger partial charge in [-0.25, -0.2) is 0 Å². The van der Waals surface area contributed by atoms with Crippen LogP contribution in [0.5, 0.6) is 5.75 Å². The Morgan fingerprint density at radius 3 is 2.68 bits per heavy atom. The second-order valence-electron chi connectivity index (χ2n) is 4.26. The average Bonchev–Trinajstić information content (AvgIpc) is 3.20. The van der Waals surface area contributed by atoms with Gasteiger partial charge in [-0.2, -0.15) is 4.98 Å². The standard InChI is InChI=1S/C13H13N7O2/c1-2-22-10-5-3-9(4-6-10)16-12(21)11-17-13(19-18-11)20-7-14-15-8-20/h3-8H,2H2,1H3,(H,16,21)(H,17,18,19). The van der Waals surface area contributed by atoms with Gasteiger partial charge in [0.15, 0.2) is 0 Å². The Morgan fingerprint density at radius 2 is 2.00 bits per heavy atom. The van der Waals surface area contributed by atoms with Crippen LogP contribution in [0.1, 0.15) is 17.5 Å². The molecule has 3 aromatic rings. The van der Waals surface area contributed by atoms with Gasteiger partial charge in [0.05, 0.1) is 6.61 Å². The zero-order chi connectivity index (χ0) is 15.4. The quantitative estimate of drug-likeness (QED) is 0.728. The topological polar surface area (TPSA) is 111 Å². The molecule has 3 rings (SSSR count). The number of rotatable bonds is 5. The molecule has 0 saturated carbocycles. The number of anilines is 1. The lowest BCUT2D eigenvalue weighted by Gasteiger charge is -2.05. The summed E-state index contributed by atoms with van der Waals surface area (Å²) in [5.41, 5.74) is 0.635. The molecule has 22 heavy (non-hydrogen) atoms. The number of carbonyl (C=O) groups is 1. The number of nitrogens with zero attached hydrogens (tertiary/aromatic N) is 5. The van der Waals surface area contributed by atoms with Gasteiger partial charge in [-0.15, -0.1) is 15.3 Å². The Bertz CT molecular complexity index is 749. The highest BCUT2D eigenvalue weighted by Gasteiger charge is 2.13. The molecule has 0 atom stereocenters. The number of aromatic nitrogens is 6. The molecule has 0 aliphatic heterocycles. The molecule has 0 unspecified atom stereocenters. The summed E-state index contributed by atoms with van der Waals surface area (Å²) in [4.78, 5) is 16.2. The molecule has 2 aromatic heterocycles. The molecule has 0 radical (unpaired) electrons. The number of H-pyrrole nitrogens is 1. The van der Waals surface area contributed by atoms with Gasteiger partial charge < -0.3 is 10.1 Å². The van der Waals surface area contributed by atoms with Gasteiger partial charge in [-0.3, -0.25) is 14.5 Å². The maximum absolute atomic E-state index is 12.1. The van der Waals surface area contributed by atoms with Crippen molar-refractivity contribution in [1.29, 1.82) is 0 Å². The number of benzene rings is 1. The van der Waals surface area contributed by atoms with Crippen LogP contribution in [0.3, 0.4) is 0 Å². The molecule has 0 saturated heterocycles. The molecule has 9 nitrogen and oxygen atoms in total. The fourth-order valence-corrected chi connectivity index (χ4v) is 1.77. The van der Waals surface area contributed by atoms with E-state index in [1.165, 1.54) is 17.2 Å². The third-order valence-corrected chi connectivity index (χ3v) is 2.76. The lowest BCUT2D eigenvalue weighted by molar-refractivity contribution is 0.101. The maximum atomic E-state index is 12.1. The van der Waals surface area contributed by atoms with Crippen molar-refractivity contribution in [2.75, 3.05) is 11.9 Å². The van der Waals surface area contributed by atoms with E-state index in [2.05, 4.69) is 30.7 Å². The molecule has 2 N–H and O–H groups in total. The van der Waals surface area contributed by atoms with Gasteiger partial charge in [0, 0.05) is 5.69 Å². The van der Waals surface area contributed by atoms with E-state index in [1.54, 1.807) is 24.3 Å². The molecule has 112 valence electrons. The first-order chi connectivity index (χ1) is 10.8. The van der Waals surface area contributed by atoms with Gasteiger partial charge in [-0.1, -0.05) is 0 Å². The van der Waals surface area contributed by atoms with Crippen molar-refractivity contribution in [3.8, 4) is 11.7 Å². The summed E-state index contributed by atoms with van der Waals surface area (Å²) in [7, 11) is 0. The molecule has 0 aliphatic rings. The summed E-state index contributed by atoms with van der Waals surface area (Å²) < 4.78 is 6.83. The molecule has 2 heterocycles. The van der Waals surface area contributed by atoms with Crippen LogP contribution >= 0.6 is 0 Å². The third-order valence-electron chi connectivity index (χ3n) is 2.76. The number of ether oxygens (including phenoxy) is 1. The van der Waals surface area contributed by atoms with E-state index in [0.29, 0.717) is 18.2 Å². The molecular weight excluding hydrogens is 286 g/mol. The Kier molecular flexibility index (Phi) is 3.77. The van der Waals surface area contributed by atoms with Gasteiger partial charge >= 0.3 is 0 Å². The van der Waals surface area contributed by atoms with Crippen LogP contribution in [-0.4, -0.2) is 42.5 Å². The van der Waals surface area contributed by atoms with E-state index in [9.17, 15) is 4.79 Å². The molecule has 0 bridgehead atoms. The van der Waals surface area contributed by atoms with Crippen LogP contribution in [0, 0.1) is 0 Å². The second-order valence-corrected chi connectivity index (χ2v) is 4.26. The Hall–Kier alpha value is -3.23. The van der Waals surface area contributed by atoms with Crippen LogP contribution in [0.15, 0.2) is 36.9 Å². The Morgan fingerprint density at radius 1 is 1.27 bits per heavy atom. The summed E-state index contributed by atoms with van der Waals surface area (Å²) in [5, 5.41) is 16.5. The molecular formula is C13H13N7O2. The number of carbonyl (C=O) groups excluding carboxylic acids is 1. The van der Waals surface area contributed by atoms with E-state index in [4.69, 9.17) is 4.74 Å². The highest BCUT2D eigenvalue weighted by molar-refractivity contribution is 6.01. The van der Waals surface area contributed by atoms with Crippen LogP contribution in [0.4, 0.5) is 5.69 Å². The maximum Gasteiger partial charge on any atom is 0.293 e. The summed E-state index contributed by atoms with van der Waals surface area (Å²) in [6, 6.07) is 7.06. The van der Waals surface area contributed by atoms with E-state index < -0.39 is 5.91 Å². The summed E-state index contributed by atoms with van der Waals surface area (Å²) in [6.45, 7) is 2.50. The van der Waals surface area contributed by atoms with Crippen molar-refractivity contribution in [2.45, 2.75) is 6.92 Å². The fraction of sp³-hybridized carbons (Fsp3) is 0.154. The number of aromatic amines is 1. The highest BCUT2D eigenvalue weighted by Crippen LogP contribution is 2.16. The highest BCUT2D eigenvalue weighted by atomic mass is 16.5. The van der Waals surface area contributed by atoms with Crippen LogP contribution < -0.4 is 10.1 Å². The Labute approximate surface area is 125 Å².